The van der Waals surface area contributed by atoms with Gasteiger partial charge in [-0.25, -0.2) is 4.98 Å². The van der Waals surface area contributed by atoms with E-state index in [0.29, 0.717) is 0 Å². The number of hydrogen-bond donors (Lipinski definition) is 2. The minimum atomic E-state index is -0.483. The minimum absolute atomic E-state index is 0.00113. The molecule has 0 aliphatic carbocycles. The molecular weight excluding hydrogens is 280 g/mol. The fourth-order valence-electron chi connectivity index (χ4n) is 1.98. The van der Waals surface area contributed by atoms with Gasteiger partial charge in [0.15, 0.2) is 0 Å². The van der Waals surface area contributed by atoms with Crippen LogP contribution in [0.25, 0.3) is 0 Å². The van der Waals surface area contributed by atoms with Gasteiger partial charge in [-0.2, -0.15) is 0 Å². The number of anilines is 1. The van der Waals surface area contributed by atoms with Crippen molar-refractivity contribution < 1.29 is 4.92 Å². The summed E-state index contributed by atoms with van der Waals surface area (Å²) in [7, 11) is 0. The van der Waals surface area contributed by atoms with Gasteiger partial charge in [0, 0.05) is 24.1 Å². The molecule has 0 spiro atoms. The molecule has 0 radical (unpaired) electrons. The standard InChI is InChI=1S/C13H15ClN4O2/c1-3-10(13-15-4-5-16-13)17-11-7-9(14)12(18(19)20)6-8(11)2/h4-7,10,17H,3H2,1-2H3,(H,15,16). The predicted octanol–water partition coefficient (Wildman–Crippen LogP) is 3.84. The average molecular weight is 295 g/mol. The van der Waals surface area contributed by atoms with Crippen molar-refractivity contribution in [2.24, 2.45) is 0 Å². The van der Waals surface area contributed by atoms with E-state index in [-0.39, 0.29) is 16.8 Å². The smallest absolute Gasteiger partial charge is 0.288 e. The number of rotatable bonds is 5. The summed E-state index contributed by atoms with van der Waals surface area (Å²) < 4.78 is 0. The summed E-state index contributed by atoms with van der Waals surface area (Å²) in [4.78, 5) is 17.6. The first kappa shape index (κ1) is 14.3. The summed E-state index contributed by atoms with van der Waals surface area (Å²) in [6, 6.07) is 3.06. The van der Waals surface area contributed by atoms with Gasteiger partial charge in [0.25, 0.3) is 5.69 Å². The lowest BCUT2D eigenvalue weighted by Crippen LogP contribution is -2.12. The van der Waals surface area contributed by atoms with Crippen molar-refractivity contribution in [2.45, 2.75) is 26.3 Å². The van der Waals surface area contributed by atoms with Crippen molar-refractivity contribution in [2.75, 3.05) is 5.32 Å². The first-order valence-corrected chi connectivity index (χ1v) is 6.61. The Morgan fingerprint density at radius 2 is 2.30 bits per heavy atom. The van der Waals surface area contributed by atoms with Crippen molar-refractivity contribution in [3.05, 3.63) is 51.1 Å². The number of benzene rings is 1. The Kier molecular flexibility index (Phi) is 4.24. The third-order valence-electron chi connectivity index (χ3n) is 3.08. The Hall–Kier alpha value is -2.08. The molecule has 0 aliphatic heterocycles. The quantitative estimate of drug-likeness (QED) is 0.648. The lowest BCUT2D eigenvalue weighted by Gasteiger charge is -2.18. The average Bonchev–Trinajstić information content (AvgIpc) is 2.92. The fourth-order valence-corrected chi connectivity index (χ4v) is 2.21. The number of H-pyrrole nitrogens is 1. The van der Waals surface area contributed by atoms with Crippen LogP contribution >= 0.6 is 11.6 Å². The van der Waals surface area contributed by atoms with Gasteiger partial charge in [-0.3, -0.25) is 10.1 Å². The second-order valence-corrected chi connectivity index (χ2v) is 4.86. The predicted molar refractivity (Wildman–Crippen MR) is 78.1 cm³/mol. The molecular formula is C13H15ClN4O2. The summed E-state index contributed by atoms with van der Waals surface area (Å²) in [5.41, 5.74) is 1.45. The van der Waals surface area contributed by atoms with Crippen molar-refractivity contribution in [3.8, 4) is 0 Å². The zero-order valence-corrected chi connectivity index (χ0v) is 11.9. The van der Waals surface area contributed by atoms with Crippen LogP contribution in [0.3, 0.4) is 0 Å². The van der Waals surface area contributed by atoms with E-state index in [9.17, 15) is 10.1 Å². The first-order chi connectivity index (χ1) is 9.52. The van der Waals surface area contributed by atoms with Crippen LogP contribution < -0.4 is 5.32 Å². The number of imidazole rings is 1. The van der Waals surface area contributed by atoms with Gasteiger partial charge in [0.2, 0.25) is 0 Å². The Morgan fingerprint density at radius 3 is 2.85 bits per heavy atom. The lowest BCUT2D eigenvalue weighted by atomic mass is 10.1. The highest BCUT2D eigenvalue weighted by Crippen LogP contribution is 2.32. The highest BCUT2D eigenvalue weighted by Gasteiger charge is 2.18. The maximum absolute atomic E-state index is 10.8. The molecule has 2 aromatic rings. The van der Waals surface area contributed by atoms with Crippen molar-refractivity contribution in [1.29, 1.82) is 0 Å². The number of nitrogens with one attached hydrogen (secondary N) is 2. The van der Waals surface area contributed by atoms with Crippen LogP contribution in [0.1, 0.15) is 30.8 Å². The van der Waals surface area contributed by atoms with Gasteiger partial charge in [0.1, 0.15) is 10.8 Å². The number of aromatic amines is 1. The largest absolute Gasteiger partial charge is 0.375 e. The highest BCUT2D eigenvalue weighted by atomic mass is 35.5. The van der Waals surface area contributed by atoms with Gasteiger partial charge < -0.3 is 10.3 Å². The second-order valence-electron chi connectivity index (χ2n) is 4.46. The molecule has 0 fully saturated rings. The molecule has 20 heavy (non-hydrogen) atoms. The van der Waals surface area contributed by atoms with Crippen molar-refractivity contribution >= 4 is 23.0 Å². The molecule has 0 aliphatic rings. The molecule has 1 unspecified atom stereocenters. The number of aromatic nitrogens is 2. The summed E-state index contributed by atoms with van der Waals surface area (Å²) in [6.45, 7) is 3.84. The van der Waals surface area contributed by atoms with E-state index in [0.717, 1.165) is 23.5 Å². The summed E-state index contributed by atoms with van der Waals surface area (Å²) in [5, 5.41) is 14.3. The number of hydrogen-bond acceptors (Lipinski definition) is 4. The third kappa shape index (κ3) is 2.91. The molecule has 2 N–H and O–H groups in total. The minimum Gasteiger partial charge on any atom is -0.375 e. The van der Waals surface area contributed by atoms with Gasteiger partial charge in [-0.15, -0.1) is 0 Å². The van der Waals surface area contributed by atoms with E-state index in [2.05, 4.69) is 15.3 Å². The van der Waals surface area contributed by atoms with E-state index in [1.807, 2.05) is 6.92 Å². The molecule has 0 amide bonds. The van der Waals surface area contributed by atoms with Gasteiger partial charge in [-0.05, 0) is 25.0 Å². The van der Waals surface area contributed by atoms with Crippen LogP contribution in [-0.2, 0) is 0 Å². The Bertz CT molecular complexity index is 613. The Balaban J connectivity index is 2.29. The SMILES string of the molecule is CCC(Nc1cc(Cl)c([N+](=O)[O-])cc1C)c1ncc[nH]1. The van der Waals surface area contributed by atoms with Crippen LogP contribution in [0, 0.1) is 17.0 Å². The second kappa shape index (κ2) is 5.92. The first-order valence-electron chi connectivity index (χ1n) is 6.23. The van der Waals surface area contributed by atoms with E-state index in [4.69, 9.17) is 11.6 Å². The molecule has 1 heterocycles. The third-order valence-corrected chi connectivity index (χ3v) is 3.38. The van der Waals surface area contributed by atoms with Gasteiger partial charge >= 0.3 is 0 Å². The molecule has 1 atom stereocenters. The molecule has 6 nitrogen and oxygen atoms in total. The number of halogens is 1. The molecule has 2 rings (SSSR count). The van der Waals surface area contributed by atoms with Crippen LogP contribution in [0.5, 0.6) is 0 Å². The van der Waals surface area contributed by atoms with Crippen LogP contribution in [0.4, 0.5) is 11.4 Å². The molecule has 1 aromatic carbocycles. The fraction of sp³-hybridized carbons (Fsp3) is 0.308. The number of aryl methyl sites for hydroxylation is 1. The van der Waals surface area contributed by atoms with E-state index in [1.165, 1.54) is 6.07 Å². The van der Waals surface area contributed by atoms with Crippen LogP contribution in [0.15, 0.2) is 24.5 Å². The van der Waals surface area contributed by atoms with Gasteiger partial charge in [0.05, 0.1) is 11.0 Å². The zero-order valence-electron chi connectivity index (χ0n) is 11.2. The monoisotopic (exact) mass is 294 g/mol. The lowest BCUT2D eigenvalue weighted by molar-refractivity contribution is -0.384. The molecule has 0 saturated carbocycles. The highest BCUT2D eigenvalue weighted by molar-refractivity contribution is 6.33. The van der Waals surface area contributed by atoms with Crippen molar-refractivity contribution in [3.63, 3.8) is 0 Å². The van der Waals surface area contributed by atoms with Crippen LogP contribution in [0.2, 0.25) is 5.02 Å². The van der Waals surface area contributed by atoms with E-state index >= 15 is 0 Å². The number of nitro benzene ring substituents is 1. The Labute approximate surface area is 121 Å². The van der Waals surface area contributed by atoms with Crippen molar-refractivity contribution in [1.82, 2.24) is 9.97 Å². The maximum atomic E-state index is 10.8. The normalized spacial score (nSPS) is 12.2. The molecule has 0 saturated heterocycles. The Morgan fingerprint density at radius 1 is 1.55 bits per heavy atom. The maximum Gasteiger partial charge on any atom is 0.288 e. The summed E-state index contributed by atoms with van der Waals surface area (Å²) >= 11 is 5.94. The summed E-state index contributed by atoms with van der Waals surface area (Å²) in [5.74, 6) is 0.821. The van der Waals surface area contributed by atoms with E-state index in [1.54, 1.807) is 25.4 Å². The molecule has 0 bridgehead atoms. The van der Waals surface area contributed by atoms with Crippen LogP contribution in [-0.4, -0.2) is 14.9 Å². The molecule has 7 heteroatoms. The number of nitro groups is 1. The molecule has 1 aromatic heterocycles. The molecule has 106 valence electrons. The topological polar surface area (TPSA) is 83.8 Å². The zero-order chi connectivity index (χ0) is 14.7. The number of nitrogens with zero attached hydrogens (tertiary/aromatic N) is 2. The van der Waals surface area contributed by atoms with E-state index < -0.39 is 4.92 Å². The summed E-state index contributed by atoms with van der Waals surface area (Å²) in [6.07, 6.45) is 4.27. The van der Waals surface area contributed by atoms with Gasteiger partial charge in [-0.1, -0.05) is 18.5 Å².